The third kappa shape index (κ3) is 15.3. The van der Waals surface area contributed by atoms with E-state index in [4.69, 9.17) is 14.2 Å². The standard InChI is InChI=1S/C41H64N4O10/c1-23(2)16-17-53-29-14-12-28(13-15-29)21-31-39(50)45(11)33(19-25(5)6)37(48)42-30(18-24(3)4)36(47)44-32(22-46)40(51)55-35(27(9)10)41(52)54-34(20-26(7)8)38(49)43-31/h12-16,24-27,30-35,46H,17-22H2,1-11H3,(H,42,48)(H,43,49)(H,44,47)/t30-,31-,32-,33-,34-,35-/m0/s1. The van der Waals surface area contributed by atoms with Crippen molar-refractivity contribution in [3.8, 4) is 5.75 Å². The van der Waals surface area contributed by atoms with Gasteiger partial charge in [-0.05, 0) is 74.6 Å². The minimum absolute atomic E-state index is 0.0225. The number of cyclic esters (lactones) is 2. The fourth-order valence-corrected chi connectivity index (χ4v) is 5.94. The smallest absolute Gasteiger partial charge is 0.348 e. The fraction of sp³-hybridized carbons (Fsp3) is 0.659. The van der Waals surface area contributed by atoms with Gasteiger partial charge >= 0.3 is 11.9 Å². The van der Waals surface area contributed by atoms with Gasteiger partial charge in [-0.3, -0.25) is 19.2 Å². The Morgan fingerprint density at radius 3 is 1.84 bits per heavy atom. The number of nitrogens with zero attached hydrogens (tertiary/aromatic N) is 1. The lowest BCUT2D eigenvalue weighted by molar-refractivity contribution is -0.178. The number of likely N-dealkylation sites (N-methyl/N-ethyl adjacent to an activating group) is 1. The van der Waals surface area contributed by atoms with E-state index in [2.05, 4.69) is 16.0 Å². The molecule has 0 bridgehead atoms. The van der Waals surface area contributed by atoms with Gasteiger partial charge in [0.25, 0.3) is 5.91 Å². The molecule has 1 saturated heterocycles. The molecular formula is C41H64N4O10. The van der Waals surface area contributed by atoms with Crippen LogP contribution < -0.4 is 20.7 Å². The average molecular weight is 773 g/mol. The van der Waals surface area contributed by atoms with Crippen LogP contribution in [0.4, 0.5) is 0 Å². The molecule has 0 aliphatic carbocycles. The minimum Gasteiger partial charge on any atom is -0.490 e. The van der Waals surface area contributed by atoms with Crippen molar-refractivity contribution in [3.05, 3.63) is 41.5 Å². The summed E-state index contributed by atoms with van der Waals surface area (Å²) in [6, 6.07) is 2.10. The lowest BCUT2D eigenvalue weighted by atomic mass is 9.97. The maximum Gasteiger partial charge on any atom is 0.348 e. The van der Waals surface area contributed by atoms with Crippen LogP contribution in [0.25, 0.3) is 0 Å². The molecule has 0 radical (unpaired) electrons. The van der Waals surface area contributed by atoms with E-state index in [1.165, 1.54) is 11.9 Å². The monoisotopic (exact) mass is 772 g/mol. The van der Waals surface area contributed by atoms with Gasteiger partial charge in [0.05, 0.1) is 6.61 Å². The zero-order chi connectivity index (χ0) is 41.6. The van der Waals surface area contributed by atoms with Crippen LogP contribution in [0.1, 0.15) is 94.1 Å². The Morgan fingerprint density at radius 2 is 1.31 bits per heavy atom. The molecule has 1 aliphatic heterocycles. The number of carbonyl (C=O) groups excluding carboxylic acids is 6. The molecule has 14 nitrogen and oxygen atoms in total. The van der Waals surface area contributed by atoms with Crippen LogP contribution in [0.2, 0.25) is 0 Å². The predicted octanol–water partition coefficient (Wildman–Crippen LogP) is 3.48. The number of amides is 4. The van der Waals surface area contributed by atoms with Gasteiger partial charge in [-0.2, -0.15) is 0 Å². The Labute approximate surface area is 326 Å². The van der Waals surface area contributed by atoms with Crippen LogP contribution >= 0.6 is 0 Å². The number of aliphatic hydroxyl groups excluding tert-OH is 1. The van der Waals surface area contributed by atoms with Gasteiger partial charge in [-0.15, -0.1) is 0 Å². The van der Waals surface area contributed by atoms with E-state index in [0.29, 0.717) is 17.9 Å². The van der Waals surface area contributed by atoms with E-state index >= 15 is 0 Å². The quantitative estimate of drug-likeness (QED) is 0.171. The third-order valence-corrected chi connectivity index (χ3v) is 8.97. The number of aliphatic hydroxyl groups is 1. The number of ether oxygens (including phenoxy) is 3. The molecule has 1 heterocycles. The maximum atomic E-state index is 14.5. The minimum atomic E-state index is -1.57. The first-order valence-electron chi connectivity index (χ1n) is 19.3. The summed E-state index contributed by atoms with van der Waals surface area (Å²) in [5, 5.41) is 18.1. The summed E-state index contributed by atoms with van der Waals surface area (Å²) < 4.78 is 17.0. The van der Waals surface area contributed by atoms with E-state index < -0.39 is 84.5 Å². The molecular weight excluding hydrogens is 708 g/mol. The molecule has 0 unspecified atom stereocenters. The molecule has 4 amide bonds. The first kappa shape index (κ1) is 46.7. The SMILES string of the molecule is CC(C)=CCOc1ccc(C[C@@H]2NC(=O)[C@H](CC(C)C)OC(=O)[C@H](C(C)C)OC(=O)[C@H](CO)NC(=O)[C@H](CC(C)C)NC(=O)[C@H](CC(C)C)N(C)C2=O)cc1. The number of carbonyl (C=O) groups is 6. The van der Waals surface area contributed by atoms with Crippen molar-refractivity contribution in [3.63, 3.8) is 0 Å². The first-order chi connectivity index (χ1) is 25.7. The lowest BCUT2D eigenvalue weighted by Gasteiger charge is -2.34. The summed E-state index contributed by atoms with van der Waals surface area (Å²) in [6.45, 7) is 17.8. The van der Waals surface area contributed by atoms with E-state index in [0.717, 1.165) is 5.57 Å². The second-order valence-electron chi connectivity index (χ2n) is 16.2. The van der Waals surface area contributed by atoms with Gasteiger partial charge in [0.15, 0.2) is 12.1 Å². The first-order valence-corrected chi connectivity index (χ1v) is 19.3. The van der Waals surface area contributed by atoms with Crippen LogP contribution in [0.5, 0.6) is 5.75 Å². The van der Waals surface area contributed by atoms with Crippen LogP contribution in [-0.2, 0) is 44.7 Å². The number of hydrogen-bond donors (Lipinski definition) is 4. The summed E-state index contributed by atoms with van der Waals surface area (Å²) in [5.41, 5.74) is 1.80. The molecule has 0 spiro atoms. The number of esters is 2. The molecule has 1 aromatic rings. The molecule has 1 fully saturated rings. The molecule has 308 valence electrons. The summed E-state index contributed by atoms with van der Waals surface area (Å²) in [4.78, 5) is 84.5. The van der Waals surface area contributed by atoms with Crippen LogP contribution in [0, 0.1) is 23.7 Å². The molecule has 14 heteroatoms. The Kier molecular flexibility index (Phi) is 18.8. The zero-order valence-corrected chi connectivity index (χ0v) is 34.5. The largest absolute Gasteiger partial charge is 0.490 e. The fourth-order valence-electron chi connectivity index (χ4n) is 5.94. The lowest BCUT2D eigenvalue weighted by Crippen LogP contribution is -2.60. The van der Waals surface area contributed by atoms with Gasteiger partial charge in [0.2, 0.25) is 23.8 Å². The van der Waals surface area contributed by atoms with Gasteiger partial charge in [0, 0.05) is 19.4 Å². The predicted molar refractivity (Wildman–Crippen MR) is 207 cm³/mol. The molecule has 1 aliphatic rings. The third-order valence-electron chi connectivity index (χ3n) is 8.97. The Bertz CT molecular complexity index is 1490. The summed E-state index contributed by atoms with van der Waals surface area (Å²) >= 11 is 0. The number of nitrogens with one attached hydrogen (secondary N) is 3. The van der Waals surface area contributed by atoms with E-state index in [-0.39, 0.29) is 43.4 Å². The topological polar surface area (TPSA) is 190 Å². The molecule has 2 rings (SSSR count). The van der Waals surface area contributed by atoms with Crippen molar-refractivity contribution in [1.82, 2.24) is 20.9 Å². The van der Waals surface area contributed by atoms with E-state index in [1.54, 1.807) is 38.1 Å². The van der Waals surface area contributed by atoms with Crippen molar-refractivity contribution >= 4 is 35.6 Å². The summed E-state index contributed by atoms with van der Waals surface area (Å²) in [7, 11) is 1.47. The summed E-state index contributed by atoms with van der Waals surface area (Å²) in [6.07, 6.45) is -0.438. The highest BCUT2D eigenvalue weighted by atomic mass is 16.6. The Hall–Kier alpha value is -4.46. The highest BCUT2D eigenvalue weighted by molar-refractivity contribution is 5.96. The van der Waals surface area contributed by atoms with E-state index in [9.17, 15) is 33.9 Å². The van der Waals surface area contributed by atoms with Crippen LogP contribution in [-0.4, -0.2) is 102 Å². The van der Waals surface area contributed by atoms with Gasteiger partial charge in [-0.1, -0.05) is 73.1 Å². The van der Waals surface area contributed by atoms with Crippen molar-refractivity contribution in [2.24, 2.45) is 23.7 Å². The van der Waals surface area contributed by atoms with Crippen molar-refractivity contribution in [2.75, 3.05) is 20.3 Å². The second-order valence-corrected chi connectivity index (χ2v) is 16.2. The highest BCUT2D eigenvalue weighted by Gasteiger charge is 2.39. The highest BCUT2D eigenvalue weighted by Crippen LogP contribution is 2.20. The number of benzene rings is 1. The second kappa shape index (κ2) is 22.2. The van der Waals surface area contributed by atoms with Crippen LogP contribution in [0.15, 0.2) is 35.9 Å². The number of rotatable bonds is 13. The molecule has 55 heavy (non-hydrogen) atoms. The normalized spacial score (nSPS) is 23.8. The average Bonchev–Trinajstić information content (AvgIpc) is 3.09. The molecule has 0 aromatic heterocycles. The van der Waals surface area contributed by atoms with Crippen molar-refractivity contribution in [1.29, 1.82) is 0 Å². The molecule has 0 saturated carbocycles. The van der Waals surface area contributed by atoms with Crippen molar-refractivity contribution < 1.29 is 48.1 Å². The van der Waals surface area contributed by atoms with Gasteiger partial charge in [0.1, 0.15) is 30.5 Å². The number of allylic oxidation sites excluding steroid dienone is 1. The summed E-state index contributed by atoms with van der Waals surface area (Å²) in [5.74, 6) is -5.07. The molecule has 6 atom stereocenters. The van der Waals surface area contributed by atoms with Gasteiger partial charge in [-0.25, -0.2) is 9.59 Å². The van der Waals surface area contributed by atoms with Crippen LogP contribution in [0.3, 0.4) is 0 Å². The Balaban J connectivity index is 2.70. The van der Waals surface area contributed by atoms with E-state index in [1.807, 2.05) is 61.5 Å². The number of hydrogen-bond acceptors (Lipinski definition) is 10. The molecule has 1 aromatic carbocycles. The molecule has 4 N–H and O–H groups in total. The Morgan fingerprint density at radius 1 is 0.745 bits per heavy atom. The van der Waals surface area contributed by atoms with Crippen molar-refractivity contribution in [2.45, 2.75) is 131 Å². The van der Waals surface area contributed by atoms with Gasteiger partial charge < -0.3 is 40.2 Å². The maximum absolute atomic E-state index is 14.5. The zero-order valence-electron chi connectivity index (χ0n) is 34.5.